The maximum atomic E-state index is 8.98. The molecule has 1 aromatic carbocycles. The van der Waals surface area contributed by atoms with E-state index in [1.54, 1.807) is 0 Å². The van der Waals surface area contributed by atoms with E-state index in [9.17, 15) is 0 Å². The third kappa shape index (κ3) is 3.13. The van der Waals surface area contributed by atoms with Crippen LogP contribution >= 0.6 is 0 Å². The highest BCUT2D eigenvalue weighted by atomic mass is 16.3. The van der Waals surface area contributed by atoms with Crippen LogP contribution in [-0.2, 0) is 0 Å². The maximum absolute atomic E-state index is 8.98. The van der Waals surface area contributed by atoms with E-state index >= 15 is 0 Å². The van der Waals surface area contributed by atoms with Crippen molar-refractivity contribution in [3.8, 4) is 0 Å². The SMILES string of the molecule is CCCN(CCO)c1ccc(C)c(N)c1. The Kier molecular flexibility index (Phi) is 4.43. The summed E-state index contributed by atoms with van der Waals surface area (Å²) in [5.74, 6) is 0. The zero-order chi connectivity index (χ0) is 11.3. The largest absolute Gasteiger partial charge is 0.398 e. The molecule has 0 radical (unpaired) electrons. The van der Waals surface area contributed by atoms with Gasteiger partial charge in [0.1, 0.15) is 0 Å². The van der Waals surface area contributed by atoms with E-state index in [4.69, 9.17) is 10.8 Å². The molecular weight excluding hydrogens is 188 g/mol. The fourth-order valence-electron chi connectivity index (χ4n) is 1.59. The van der Waals surface area contributed by atoms with E-state index in [0.29, 0.717) is 6.54 Å². The van der Waals surface area contributed by atoms with E-state index < -0.39 is 0 Å². The summed E-state index contributed by atoms with van der Waals surface area (Å²) in [6, 6.07) is 6.04. The minimum atomic E-state index is 0.174. The predicted molar refractivity (Wildman–Crippen MR) is 65.2 cm³/mol. The Labute approximate surface area is 91.5 Å². The molecule has 0 fully saturated rings. The number of anilines is 2. The minimum Gasteiger partial charge on any atom is -0.398 e. The van der Waals surface area contributed by atoms with Crippen LogP contribution in [0.25, 0.3) is 0 Å². The standard InChI is InChI=1S/C12H20N2O/c1-3-6-14(7-8-15)11-5-4-10(2)12(13)9-11/h4-5,9,15H,3,6-8,13H2,1-2H3. The molecule has 3 heteroatoms. The summed E-state index contributed by atoms with van der Waals surface area (Å²) in [6.07, 6.45) is 1.06. The third-order valence-electron chi connectivity index (χ3n) is 2.49. The topological polar surface area (TPSA) is 49.5 Å². The summed E-state index contributed by atoms with van der Waals surface area (Å²) in [6.45, 7) is 5.91. The van der Waals surface area contributed by atoms with Gasteiger partial charge in [0.05, 0.1) is 6.61 Å². The Hall–Kier alpha value is -1.22. The average molecular weight is 208 g/mol. The van der Waals surface area contributed by atoms with E-state index in [1.165, 1.54) is 0 Å². The molecule has 0 heterocycles. The zero-order valence-electron chi connectivity index (χ0n) is 9.53. The van der Waals surface area contributed by atoms with Gasteiger partial charge in [-0.1, -0.05) is 13.0 Å². The van der Waals surface area contributed by atoms with E-state index in [1.807, 2.05) is 19.1 Å². The Morgan fingerprint density at radius 3 is 2.60 bits per heavy atom. The van der Waals surface area contributed by atoms with Crippen LogP contribution in [0.5, 0.6) is 0 Å². The predicted octanol–water partition coefficient (Wildman–Crippen LogP) is 1.79. The molecule has 0 aromatic heterocycles. The first-order valence-corrected chi connectivity index (χ1v) is 5.41. The van der Waals surface area contributed by atoms with E-state index in [2.05, 4.69) is 17.9 Å². The van der Waals surface area contributed by atoms with Crippen molar-refractivity contribution in [2.24, 2.45) is 0 Å². The molecule has 3 nitrogen and oxygen atoms in total. The molecule has 1 aromatic rings. The minimum absolute atomic E-state index is 0.174. The lowest BCUT2D eigenvalue weighted by Gasteiger charge is -2.23. The molecule has 0 bridgehead atoms. The van der Waals surface area contributed by atoms with Gasteiger partial charge in [0, 0.05) is 24.5 Å². The van der Waals surface area contributed by atoms with Gasteiger partial charge in [0.2, 0.25) is 0 Å². The van der Waals surface area contributed by atoms with Crippen LogP contribution < -0.4 is 10.6 Å². The molecule has 0 unspecified atom stereocenters. The van der Waals surface area contributed by atoms with Crippen LogP contribution in [0.15, 0.2) is 18.2 Å². The second kappa shape index (κ2) is 5.61. The Morgan fingerprint density at radius 1 is 1.33 bits per heavy atom. The number of hydrogen-bond donors (Lipinski definition) is 2. The molecule has 3 N–H and O–H groups in total. The number of nitrogens with two attached hydrogens (primary N) is 1. The van der Waals surface area contributed by atoms with E-state index in [0.717, 1.165) is 29.9 Å². The Balaban J connectivity index is 2.85. The molecule has 0 aliphatic carbocycles. The molecule has 84 valence electrons. The lowest BCUT2D eigenvalue weighted by molar-refractivity contribution is 0.302. The highest BCUT2D eigenvalue weighted by Crippen LogP contribution is 2.20. The van der Waals surface area contributed by atoms with Crippen molar-refractivity contribution >= 4 is 11.4 Å². The van der Waals surface area contributed by atoms with Crippen LogP contribution in [0.3, 0.4) is 0 Å². The molecule has 1 rings (SSSR count). The van der Waals surface area contributed by atoms with Crippen molar-refractivity contribution in [3.05, 3.63) is 23.8 Å². The molecule has 0 amide bonds. The summed E-state index contributed by atoms with van der Waals surface area (Å²) in [5, 5.41) is 8.98. The average Bonchev–Trinajstić information content (AvgIpc) is 2.22. The first kappa shape index (κ1) is 11.9. The van der Waals surface area contributed by atoms with Crippen molar-refractivity contribution in [1.29, 1.82) is 0 Å². The summed E-state index contributed by atoms with van der Waals surface area (Å²) >= 11 is 0. The van der Waals surface area contributed by atoms with Crippen LogP contribution in [0.4, 0.5) is 11.4 Å². The highest BCUT2D eigenvalue weighted by molar-refractivity contribution is 5.59. The number of hydrogen-bond acceptors (Lipinski definition) is 3. The van der Waals surface area contributed by atoms with Crippen molar-refractivity contribution in [3.63, 3.8) is 0 Å². The lowest BCUT2D eigenvalue weighted by Crippen LogP contribution is -2.27. The molecule has 0 aliphatic heterocycles. The number of nitrogens with zero attached hydrogens (tertiary/aromatic N) is 1. The van der Waals surface area contributed by atoms with Crippen LogP contribution in [0.2, 0.25) is 0 Å². The van der Waals surface area contributed by atoms with Gasteiger partial charge in [-0.25, -0.2) is 0 Å². The molecule has 0 spiro atoms. The normalized spacial score (nSPS) is 10.3. The summed E-state index contributed by atoms with van der Waals surface area (Å²) in [7, 11) is 0. The molecule has 0 atom stereocenters. The third-order valence-corrected chi connectivity index (χ3v) is 2.49. The maximum Gasteiger partial charge on any atom is 0.0606 e. The monoisotopic (exact) mass is 208 g/mol. The highest BCUT2D eigenvalue weighted by Gasteiger charge is 2.05. The fourth-order valence-corrected chi connectivity index (χ4v) is 1.59. The van der Waals surface area contributed by atoms with Gasteiger partial charge in [0.25, 0.3) is 0 Å². The smallest absolute Gasteiger partial charge is 0.0606 e. The summed E-state index contributed by atoms with van der Waals surface area (Å²) in [5.41, 5.74) is 8.86. The van der Waals surface area contributed by atoms with Gasteiger partial charge in [-0.05, 0) is 31.0 Å². The lowest BCUT2D eigenvalue weighted by atomic mass is 10.1. The number of benzene rings is 1. The van der Waals surface area contributed by atoms with Crippen LogP contribution in [0, 0.1) is 6.92 Å². The van der Waals surface area contributed by atoms with Crippen molar-refractivity contribution in [2.45, 2.75) is 20.3 Å². The molecular formula is C12H20N2O. The Bertz CT molecular complexity index is 306. The second-order valence-corrected chi connectivity index (χ2v) is 3.75. The van der Waals surface area contributed by atoms with E-state index in [-0.39, 0.29) is 6.61 Å². The van der Waals surface area contributed by atoms with Gasteiger partial charge < -0.3 is 15.7 Å². The quantitative estimate of drug-likeness (QED) is 0.725. The van der Waals surface area contributed by atoms with Gasteiger partial charge in [0.15, 0.2) is 0 Å². The van der Waals surface area contributed by atoms with Crippen molar-refractivity contribution in [1.82, 2.24) is 0 Å². The summed E-state index contributed by atoms with van der Waals surface area (Å²) < 4.78 is 0. The van der Waals surface area contributed by atoms with Crippen molar-refractivity contribution in [2.75, 3.05) is 30.3 Å². The van der Waals surface area contributed by atoms with Crippen LogP contribution in [0.1, 0.15) is 18.9 Å². The first-order chi connectivity index (χ1) is 7.19. The summed E-state index contributed by atoms with van der Waals surface area (Å²) in [4.78, 5) is 2.15. The van der Waals surface area contributed by atoms with Crippen LogP contribution in [-0.4, -0.2) is 24.8 Å². The van der Waals surface area contributed by atoms with Gasteiger partial charge >= 0.3 is 0 Å². The fraction of sp³-hybridized carbons (Fsp3) is 0.500. The van der Waals surface area contributed by atoms with Gasteiger partial charge in [-0.15, -0.1) is 0 Å². The Morgan fingerprint density at radius 2 is 2.07 bits per heavy atom. The number of aryl methyl sites for hydroxylation is 1. The molecule has 15 heavy (non-hydrogen) atoms. The number of aliphatic hydroxyl groups excluding tert-OH is 1. The number of rotatable bonds is 5. The number of aliphatic hydroxyl groups is 1. The molecule has 0 saturated heterocycles. The molecule has 0 saturated carbocycles. The van der Waals surface area contributed by atoms with Crippen molar-refractivity contribution < 1.29 is 5.11 Å². The molecule has 0 aliphatic rings. The number of nitrogen functional groups attached to an aromatic ring is 1. The zero-order valence-corrected chi connectivity index (χ0v) is 9.53. The second-order valence-electron chi connectivity index (χ2n) is 3.75. The van der Waals surface area contributed by atoms with Gasteiger partial charge in [-0.2, -0.15) is 0 Å². The van der Waals surface area contributed by atoms with Gasteiger partial charge in [-0.3, -0.25) is 0 Å². The first-order valence-electron chi connectivity index (χ1n) is 5.41.